The van der Waals surface area contributed by atoms with E-state index in [0.29, 0.717) is 23.8 Å². The lowest BCUT2D eigenvalue weighted by Gasteiger charge is -2.05. The lowest BCUT2D eigenvalue weighted by atomic mass is 10.0. The Morgan fingerprint density at radius 3 is 2.50 bits per heavy atom. The molecule has 4 aromatic rings. The van der Waals surface area contributed by atoms with Gasteiger partial charge in [0.2, 0.25) is 5.95 Å². The zero-order valence-electron chi connectivity index (χ0n) is 15.4. The number of nitrogens with one attached hydrogen (secondary N) is 2. The molecule has 0 atom stereocenters. The van der Waals surface area contributed by atoms with Crippen molar-refractivity contribution in [2.24, 2.45) is 5.73 Å². The third-order valence-corrected chi connectivity index (χ3v) is 4.60. The van der Waals surface area contributed by atoms with Crippen molar-refractivity contribution in [2.45, 2.75) is 6.54 Å². The van der Waals surface area contributed by atoms with Gasteiger partial charge in [0.05, 0.1) is 7.11 Å². The number of rotatable bonds is 5. The molecule has 0 aliphatic rings. The Kier molecular flexibility index (Phi) is 4.78. The first-order valence-corrected chi connectivity index (χ1v) is 8.92. The van der Waals surface area contributed by atoms with E-state index in [1.165, 1.54) is 0 Å². The van der Waals surface area contributed by atoms with Crippen LogP contribution in [0.3, 0.4) is 0 Å². The topological polar surface area (TPSA) is 93.0 Å². The fourth-order valence-electron chi connectivity index (χ4n) is 3.12. The highest BCUT2D eigenvalue weighted by atomic mass is 16.5. The van der Waals surface area contributed by atoms with Gasteiger partial charge < -0.3 is 15.5 Å². The Labute approximate surface area is 162 Å². The van der Waals surface area contributed by atoms with Crippen molar-refractivity contribution in [2.75, 3.05) is 12.4 Å². The lowest BCUT2D eigenvalue weighted by molar-refractivity contribution is 0.102. The molecule has 0 aliphatic heterocycles. The summed E-state index contributed by atoms with van der Waals surface area (Å²) in [6.45, 7) is 0.438. The van der Waals surface area contributed by atoms with Gasteiger partial charge in [-0.3, -0.25) is 10.1 Å². The summed E-state index contributed by atoms with van der Waals surface area (Å²) in [7, 11) is 1.61. The van der Waals surface area contributed by atoms with Gasteiger partial charge in [-0.2, -0.15) is 0 Å². The van der Waals surface area contributed by atoms with Gasteiger partial charge in [-0.05, 0) is 35.4 Å². The second-order valence-electron chi connectivity index (χ2n) is 6.35. The van der Waals surface area contributed by atoms with Crippen molar-refractivity contribution in [1.82, 2.24) is 9.97 Å². The van der Waals surface area contributed by atoms with Crippen molar-refractivity contribution >= 4 is 22.9 Å². The molecule has 3 aromatic carbocycles. The van der Waals surface area contributed by atoms with Gasteiger partial charge in [-0.15, -0.1) is 0 Å². The van der Waals surface area contributed by atoms with Crippen LogP contribution in [0.15, 0.2) is 66.7 Å². The van der Waals surface area contributed by atoms with Crippen LogP contribution in [0, 0.1) is 0 Å². The maximum atomic E-state index is 12.6. The fourth-order valence-corrected chi connectivity index (χ4v) is 3.12. The summed E-state index contributed by atoms with van der Waals surface area (Å²) in [6, 6.07) is 21.0. The lowest BCUT2D eigenvalue weighted by Crippen LogP contribution is -2.13. The number of nitrogens with zero attached hydrogens (tertiary/aromatic N) is 1. The number of fused-ring (bicyclic) bond motifs is 1. The van der Waals surface area contributed by atoms with Crippen molar-refractivity contribution < 1.29 is 9.53 Å². The van der Waals surface area contributed by atoms with Crippen LogP contribution in [0.4, 0.5) is 5.95 Å². The van der Waals surface area contributed by atoms with Gasteiger partial charge in [-0.1, -0.05) is 42.5 Å². The quantitative estimate of drug-likeness (QED) is 0.494. The first-order valence-electron chi connectivity index (χ1n) is 8.92. The number of nitrogens with two attached hydrogens (primary N) is 1. The number of hydrogen-bond donors (Lipinski definition) is 3. The van der Waals surface area contributed by atoms with E-state index in [0.717, 1.165) is 27.7 Å². The van der Waals surface area contributed by atoms with Crippen molar-refractivity contribution in [3.63, 3.8) is 0 Å². The van der Waals surface area contributed by atoms with Crippen LogP contribution in [0.2, 0.25) is 0 Å². The highest BCUT2D eigenvalue weighted by molar-refractivity contribution is 6.05. The summed E-state index contributed by atoms with van der Waals surface area (Å²) in [5.74, 6) is 0.780. The summed E-state index contributed by atoms with van der Waals surface area (Å²) < 4.78 is 5.45. The number of H-pyrrole nitrogens is 1. The number of aromatic nitrogens is 2. The first kappa shape index (κ1) is 17.8. The summed E-state index contributed by atoms with van der Waals surface area (Å²) in [5, 5.41) is 2.82. The maximum absolute atomic E-state index is 12.6. The standard InChI is InChI=1S/C22H20N4O2/c1-28-18-12-11-17(15-5-3-2-4-6-15)19-20(18)25-22(24-19)26-21(27)16-9-7-14(13-23)8-10-16/h2-12H,13,23H2,1H3,(H2,24,25,26,27). The van der Waals surface area contributed by atoms with E-state index < -0.39 is 0 Å². The molecule has 0 radical (unpaired) electrons. The van der Waals surface area contributed by atoms with Gasteiger partial charge >= 0.3 is 0 Å². The number of anilines is 1. The van der Waals surface area contributed by atoms with Crippen LogP contribution in [0.5, 0.6) is 5.75 Å². The van der Waals surface area contributed by atoms with Gasteiger partial charge in [-0.25, -0.2) is 4.98 Å². The number of carbonyl (C=O) groups is 1. The van der Waals surface area contributed by atoms with Gasteiger partial charge in [0, 0.05) is 17.7 Å². The molecule has 0 aliphatic carbocycles. The van der Waals surface area contributed by atoms with E-state index in [4.69, 9.17) is 10.5 Å². The molecule has 1 heterocycles. The van der Waals surface area contributed by atoms with E-state index in [2.05, 4.69) is 15.3 Å². The number of aromatic amines is 1. The molecule has 0 saturated heterocycles. The molecule has 4 rings (SSSR count). The predicted molar refractivity (Wildman–Crippen MR) is 110 cm³/mol. The Morgan fingerprint density at radius 1 is 1.07 bits per heavy atom. The van der Waals surface area contributed by atoms with Gasteiger partial charge in [0.1, 0.15) is 16.8 Å². The molecule has 4 N–H and O–H groups in total. The summed E-state index contributed by atoms with van der Waals surface area (Å²) >= 11 is 0. The molecular weight excluding hydrogens is 352 g/mol. The molecule has 140 valence electrons. The smallest absolute Gasteiger partial charge is 0.257 e. The van der Waals surface area contributed by atoms with E-state index in [1.807, 2.05) is 54.6 Å². The van der Waals surface area contributed by atoms with Gasteiger partial charge in [0.15, 0.2) is 0 Å². The fraction of sp³-hybridized carbons (Fsp3) is 0.0909. The number of benzene rings is 3. The monoisotopic (exact) mass is 372 g/mol. The average Bonchev–Trinajstić information content (AvgIpc) is 3.17. The Bertz CT molecular complexity index is 1120. The van der Waals surface area contributed by atoms with Crippen LogP contribution in [0.1, 0.15) is 15.9 Å². The average molecular weight is 372 g/mol. The first-order chi connectivity index (χ1) is 13.7. The zero-order valence-corrected chi connectivity index (χ0v) is 15.4. The van der Waals surface area contributed by atoms with Crippen molar-refractivity contribution in [3.05, 3.63) is 77.9 Å². The van der Waals surface area contributed by atoms with E-state index in [1.54, 1.807) is 19.2 Å². The van der Waals surface area contributed by atoms with Crippen LogP contribution >= 0.6 is 0 Å². The number of methoxy groups -OCH3 is 1. The van der Waals surface area contributed by atoms with Crippen LogP contribution in [0.25, 0.3) is 22.2 Å². The summed E-state index contributed by atoms with van der Waals surface area (Å²) in [6.07, 6.45) is 0. The number of ether oxygens (including phenoxy) is 1. The summed E-state index contributed by atoms with van der Waals surface area (Å²) in [4.78, 5) is 20.3. The van der Waals surface area contributed by atoms with Crippen LogP contribution in [-0.4, -0.2) is 23.0 Å². The molecule has 1 aromatic heterocycles. The number of amides is 1. The largest absolute Gasteiger partial charge is 0.494 e. The Balaban J connectivity index is 1.71. The molecule has 6 heteroatoms. The molecule has 6 nitrogen and oxygen atoms in total. The zero-order chi connectivity index (χ0) is 19.5. The second kappa shape index (κ2) is 7.54. The van der Waals surface area contributed by atoms with Crippen molar-refractivity contribution in [1.29, 1.82) is 0 Å². The summed E-state index contributed by atoms with van der Waals surface area (Å²) in [5.41, 5.74) is 10.6. The number of imidazole rings is 1. The van der Waals surface area contributed by atoms with Crippen LogP contribution in [-0.2, 0) is 6.54 Å². The molecule has 0 unspecified atom stereocenters. The molecular formula is C22H20N4O2. The second-order valence-corrected chi connectivity index (χ2v) is 6.35. The highest BCUT2D eigenvalue weighted by Gasteiger charge is 2.15. The van der Waals surface area contributed by atoms with Crippen molar-refractivity contribution in [3.8, 4) is 16.9 Å². The highest BCUT2D eigenvalue weighted by Crippen LogP contribution is 2.33. The molecule has 0 bridgehead atoms. The minimum atomic E-state index is -0.247. The Morgan fingerprint density at radius 2 is 1.82 bits per heavy atom. The normalized spacial score (nSPS) is 10.8. The maximum Gasteiger partial charge on any atom is 0.257 e. The predicted octanol–water partition coefficient (Wildman–Crippen LogP) is 3.95. The molecule has 1 amide bonds. The Hall–Kier alpha value is -3.64. The van der Waals surface area contributed by atoms with Crippen LogP contribution < -0.4 is 15.8 Å². The van der Waals surface area contributed by atoms with E-state index >= 15 is 0 Å². The third-order valence-electron chi connectivity index (χ3n) is 4.60. The third kappa shape index (κ3) is 3.33. The minimum Gasteiger partial charge on any atom is -0.494 e. The minimum absolute atomic E-state index is 0.247. The molecule has 0 saturated carbocycles. The SMILES string of the molecule is COc1ccc(-c2ccccc2)c2nc(NC(=O)c3ccc(CN)cc3)[nH]c12. The molecule has 0 fully saturated rings. The molecule has 0 spiro atoms. The number of hydrogen-bond acceptors (Lipinski definition) is 4. The van der Waals surface area contributed by atoms with E-state index in [-0.39, 0.29) is 5.91 Å². The van der Waals surface area contributed by atoms with Gasteiger partial charge in [0.25, 0.3) is 5.91 Å². The van der Waals surface area contributed by atoms with E-state index in [9.17, 15) is 4.79 Å². The molecule has 28 heavy (non-hydrogen) atoms. The number of carbonyl (C=O) groups excluding carboxylic acids is 1.